The Kier molecular flexibility index (Phi) is 11.3. The third kappa shape index (κ3) is 8.76. The Morgan fingerprint density at radius 1 is 1.26 bits per heavy atom. The second-order valence-electron chi connectivity index (χ2n) is 7.54. The van der Waals surface area contributed by atoms with Crippen LogP contribution in [0.15, 0.2) is 45.9 Å². The molecule has 3 rings (SSSR count). The van der Waals surface area contributed by atoms with Crippen LogP contribution in [0.1, 0.15) is 23.9 Å². The zero-order valence-corrected chi connectivity index (χ0v) is 20.7. The Balaban J connectivity index is 0.00000341. The molecule has 2 N–H and O–H groups in total. The van der Waals surface area contributed by atoms with E-state index in [2.05, 4.69) is 32.2 Å². The van der Waals surface area contributed by atoms with Crippen LogP contribution < -0.4 is 5.32 Å². The van der Waals surface area contributed by atoms with Gasteiger partial charge in [0.25, 0.3) is 0 Å². The van der Waals surface area contributed by atoms with Gasteiger partial charge in [0, 0.05) is 45.3 Å². The first kappa shape index (κ1) is 25.6. The fourth-order valence-corrected chi connectivity index (χ4v) is 3.40. The van der Waals surface area contributed by atoms with Crippen LogP contribution in [0.5, 0.6) is 0 Å². The highest BCUT2D eigenvalue weighted by atomic mass is 127. The van der Waals surface area contributed by atoms with Gasteiger partial charge in [-0.2, -0.15) is 0 Å². The van der Waals surface area contributed by atoms with Crippen molar-refractivity contribution >= 4 is 29.9 Å². The number of halogens is 1. The summed E-state index contributed by atoms with van der Waals surface area (Å²) in [6, 6.07) is 11.9. The Morgan fingerprint density at radius 3 is 2.65 bits per heavy atom. The molecule has 1 fully saturated rings. The third-order valence-corrected chi connectivity index (χ3v) is 4.94. The quantitative estimate of drug-likeness (QED) is 0.285. The molecule has 0 aliphatic carbocycles. The van der Waals surface area contributed by atoms with Gasteiger partial charge in [-0.3, -0.25) is 9.89 Å². The summed E-state index contributed by atoms with van der Waals surface area (Å²) in [5, 5.41) is 17.7. The molecule has 0 amide bonds. The van der Waals surface area contributed by atoms with E-state index in [0.717, 1.165) is 62.2 Å². The van der Waals surface area contributed by atoms with Gasteiger partial charge in [-0.1, -0.05) is 35.5 Å². The fourth-order valence-electron chi connectivity index (χ4n) is 3.40. The molecular weight excluding hydrogens is 509 g/mol. The zero-order chi connectivity index (χ0) is 21.2. The zero-order valence-electron chi connectivity index (χ0n) is 18.4. The molecule has 0 spiro atoms. The number of hydrogen-bond donors (Lipinski definition) is 2. The molecule has 1 aliphatic heterocycles. The van der Waals surface area contributed by atoms with Crippen molar-refractivity contribution in [1.82, 2.24) is 20.3 Å². The molecule has 0 bridgehead atoms. The molecular formula is C22H34IN5O3. The third-order valence-electron chi connectivity index (χ3n) is 4.94. The first-order valence-corrected chi connectivity index (χ1v) is 10.6. The van der Waals surface area contributed by atoms with E-state index in [1.807, 2.05) is 43.3 Å². The molecule has 2 aromatic rings. The summed E-state index contributed by atoms with van der Waals surface area (Å²) in [7, 11) is 0. The monoisotopic (exact) mass is 543 g/mol. The summed E-state index contributed by atoms with van der Waals surface area (Å²) >= 11 is 0. The van der Waals surface area contributed by atoms with Gasteiger partial charge in [-0.25, -0.2) is 0 Å². The molecule has 1 atom stereocenters. The van der Waals surface area contributed by atoms with Crippen molar-refractivity contribution in [3.63, 3.8) is 0 Å². The van der Waals surface area contributed by atoms with Gasteiger partial charge >= 0.3 is 0 Å². The van der Waals surface area contributed by atoms with Gasteiger partial charge in [-0.05, 0) is 19.4 Å². The summed E-state index contributed by atoms with van der Waals surface area (Å²) in [6.45, 7) is 10.2. The van der Waals surface area contributed by atoms with Crippen LogP contribution in [-0.2, 0) is 17.9 Å². The van der Waals surface area contributed by atoms with E-state index in [9.17, 15) is 5.11 Å². The number of rotatable bonds is 9. The van der Waals surface area contributed by atoms with E-state index in [4.69, 9.17) is 9.26 Å². The molecule has 1 saturated heterocycles. The van der Waals surface area contributed by atoms with Crippen LogP contribution in [-0.4, -0.2) is 78.0 Å². The number of ether oxygens (including phenoxy) is 1. The minimum atomic E-state index is -0.626. The summed E-state index contributed by atoms with van der Waals surface area (Å²) in [6.07, 6.45) is -0.626. The van der Waals surface area contributed by atoms with Crippen molar-refractivity contribution in [1.29, 1.82) is 0 Å². The van der Waals surface area contributed by atoms with Crippen LogP contribution in [0.4, 0.5) is 0 Å². The minimum absolute atomic E-state index is 0. The Labute approximate surface area is 201 Å². The number of aryl methyl sites for hydroxylation is 1. The van der Waals surface area contributed by atoms with Crippen molar-refractivity contribution in [2.24, 2.45) is 4.99 Å². The highest BCUT2D eigenvalue weighted by molar-refractivity contribution is 14.0. The van der Waals surface area contributed by atoms with E-state index in [-0.39, 0.29) is 30.6 Å². The standard InChI is InChI=1S/C22H33N5O3.HI/c1-3-23-22(24-14-21(28)17-29-16-19-7-5-4-6-8-19)27-11-9-26(10-12-27)15-20-13-18(2)30-25-20;/h4-8,13,21,28H,3,9-12,14-17H2,1-2H3,(H,23,24);1H. The number of nitrogens with one attached hydrogen (secondary N) is 1. The number of nitrogens with zero attached hydrogens (tertiary/aromatic N) is 4. The van der Waals surface area contributed by atoms with Crippen LogP contribution in [0.3, 0.4) is 0 Å². The molecule has 1 unspecified atom stereocenters. The van der Waals surface area contributed by atoms with E-state index in [1.165, 1.54) is 0 Å². The average molecular weight is 543 g/mol. The summed E-state index contributed by atoms with van der Waals surface area (Å²) in [5.41, 5.74) is 2.07. The van der Waals surface area contributed by atoms with Gasteiger partial charge in [0.1, 0.15) is 5.76 Å². The molecule has 172 valence electrons. The molecule has 1 aromatic carbocycles. The minimum Gasteiger partial charge on any atom is -0.389 e. The molecule has 9 heteroatoms. The highest BCUT2D eigenvalue weighted by Gasteiger charge is 2.20. The maximum Gasteiger partial charge on any atom is 0.194 e. The first-order valence-electron chi connectivity index (χ1n) is 10.6. The van der Waals surface area contributed by atoms with E-state index in [1.54, 1.807) is 0 Å². The first-order chi connectivity index (χ1) is 14.6. The molecule has 8 nitrogen and oxygen atoms in total. The van der Waals surface area contributed by atoms with Crippen molar-refractivity contribution in [3.05, 3.63) is 53.4 Å². The highest BCUT2D eigenvalue weighted by Crippen LogP contribution is 2.09. The van der Waals surface area contributed by atoms with E-state index < -0.39 is 6.10 Å². The van der Waals surface area contributed by atoms with E-state index in [0.29, 0.717) is 13.2 Å². The second-order valence-corrected chi connectivity index (χ2v) is 7.54. The summed E-state index contributed by atoms with van der Waals surface area (Å²) < 4.78 is 10.8. The lowest BCUT2D eigenvalue weighted by Crippen LogP contribution is -2.52. The van der Waals surface area contributed by atoms with Crippen LogP contribution >= 0.6 is 24.0 Å². The topological polar surface area (TPSA) is 86.4 Å². The van der Waals surface area contributed by atoms with Gasteiger partial charge < -0.3 is 24.6 Å². The van der Waals surface area contributed by atoms with Crippen molar-refractivity contribution in [2.45, 2.75) is 33.1 Å². The Bertz CT molecular complexity index is 778. The lowest BCUT2D eigenvalue weighted by atomic mass is 10.2. The van der Waals surface area contributed by atoms with Gasteiger partial charge in [0.2, 0.25) is 0 Å². The predicted molar refractivity (Wildman–Crippen MR) is 132 cm³/mol. The summed E-state index contributed by atoms with van der Waals surface area (Å²) in [5.74, 6) is 1.69. The molecule has 1 aliphatic rings. The van der Waals surface area contributed by atoms with Crippen molar-refractivity contribution < 1.29 is 14.4 Å². The maximum atomic E-state index is 10.2. The number of hydrogen-bond acceptors (Lipinski definition) is 6. The van der Waals surface area contributed by atoms with Gasteiger partial charge in [0.05, 0.1) is 31.6 Å². The average Bonchev–Trinajstić information content (AvgIpc) is 3.17. The molecule has 31 heavy (non-hydrogen) atoms. The Hall–Kier alpha value is -1.69. The SMILES string of the molecule is CCNC(=NCC(O)COCc1ccccc1)N1CCN(Cc2cc(C)on2)CC1.I. The van der Waals surface area contributed by atoms with Crippen LogP contribution in [0.2, 0.25) is 0 Å². The normalized spacial score (nSPS) is 16.1. The lowest BCUT2D eigenvalue weighted by molar-refractivity contribution is 0.0329. The number of piperazine rings is 1. The number of guanidine groups is 1. The van der Waals surface area contributed by atoms with Crippen LogP contribution in [0, 0.1) is 6.92 Å². The number of aliphatic hydroxyl groups excluding tert-OH is 1. The van der Waals surface area contributed by atoms with Crippen LogP contribution in [0.25, 0.3) is 0 Å². The molecule has 1 aromatic heterocycles. The summed E-state index contributed by atoms with van der Waals surface area (Å²) in [4.78, 5) is 9.24. The molecule has 0 saturated carbocycles. The molecule has 0 radical (unpaired) electrons. The van der Waals surface area contributed by atoms with Gasteiger partial charge in [-0.15, -0.1) is 24.0 Å². The second kappa shape index (κ2) is 13.7. The smallest absolute Gasteiger partial charge is 0.194 e. The number of benzene rings is 1. The predicted octanol–water partition coefficient (Wildman–Crippen LogP) is 2.26. The largest absolute Gasteiger partial charge is 0.389 e. The Morgan fingerprint density at radius 2 is 2.00 bits per heavy atom. The molecule has 2 heterocycles. The fraction of sp³-hybridized carbons (Fsp3) is 0.545. The lowest BCUT2D eigenvalue weighted by Gasteiger charge is -2.36. The number of aromatic nitrogens is 1. The number of aliphatic hydroxyl groups is 1. The van der Waals surface area contributed by atoms with E-state index >= 15 is 0 Å². The van der Waals surface area contributed by atoms with Gasteiger partial charge in [0.15, 0.2) is 5.96 Å². The van der Waals surface area contributed by atoms with Crippen molar-refractivity contribution in [2.75, 3.05) is 45.9 Å². The number of aliphatic imine (C=N–C) groups is 1. The maximum absolute atomic E-state index is 10.2. The van der Waals surface area contributed by atoms with Crippen molar-refractivity contribution in [3.8, 4) is 0 Å².